The van der Waals surface area contributed by atoms with Gasteiger partial charge in [-0.3, -0.25) is 0 Å². The first-order chi connectivity index (χ1) is 9.81. The number of aromatic nitrogens is 3. The van der Waals surface area contributed by atoms with Crippen molar-refractivity contribution in [2.45, 2.75) is 6.42 Å². The maximum absolute atomic E-state index is 9.06. The molecular formula is C15H12N4O. The summed E-state index contributed by atoms with van der Waals surface area (Å²) >= 11 is 0. The largest absolute Gasteiger partial charge is 0.496 e. The number of nitriles is 1. The summed E-state index contributed by atoms with van der Waals surface area (Å²) in [7, 11) is 1.64. The summed E-state index contributed by atoms with van der Waals surface area (Å²) in [5.74, 6) is 1.48. The van der Waals surface area contributed by atoms with Gasteiger partial charge in [0.05, 0.1) is 7.11 Å². The summed E-state index contributed by atoms with van der Waals surface area (Å²) in [6, 6.07) is 15.2. The molecule has 5 nitrogen and oxygen atoms in total. The first-order valence-electron chi connectivity index (χ1n) is 6.18. The molecule has 0 unspecified atom stereocenters. The van der Waals surface area contributed by atoms with Gasteiger partial charge in [-0.15, -0.1) is 5.10 Å². The van der Waals surface area contributed by atoms with E-state index in [1.165, 1.54) is 0 Å². The molecule has 0 saturated carbocycles. The van der Waals surface area contributed by atoms with E-state index in [0.29, 0.717) is 23.6 Å². The summed E-state index contributed by atoms with van der Waals surface area (Å²) in [5.41, 5.74) is 2.17. The molecule has 0 N–H and O–H groups in total. The van der Waals surface area contributed by atoms with Crippen molar-refractivity contribution in [3.05, 3.63) is 59.5 Å². The molecule has 0 saturated heterocycles. The number of rotatable bonds is 3. The van der Waals surface area contributed by atoms with E-state index >= 15 is 0 Å². The minimum atomic E-state index is 0.473. The van der Waals surface area contributed by atoms with E-state index in [0.717, 1.165) is 11.3 Å². The standard InChI is InChI=1S/C15H12N4O/c1-20-13-7-3-2-5-11(13)9-14-17-15-8-4-6-12(10-16)19(15)18-14/h2-8H,9H2,1H3. The summed E-state index contributed by atoms with van der Waals surface area (Å²) in [4.78, 5) is 4.44. The monoisotopic (exact) mass is 264 g/mol. The van der Waals surface area contributed by atoms with E-state index in [2.05, 4.69) is 16.2 Å². The lowest BCUT2D eigenvalue weighted by Crippen LogP contribution is -1.97. The molecular weight excluding hydrogens is 252 g/mol. The fourth-order valence-corrected chi connectivity index (χ4v) is 2.13. The Kier molecular flexibility index (Phi) is 3.05. The third-order valence-electron chi connectivity index (χ3n) is 3.06. The quantitative estimate of drug-likeness (QED) is 0.727. The summed E-state index contributed by atoms with van der Waals surface area (Å²) in [6.07, 6.45) is 0.566. The molecule has 3 rings (SSSR count). The number of nitrogens with zero attached hydrogens (tertiary/aromatic N) is 4. The highest BCUT2D eigenvalue weighted by Gasteiger charge is 2.10. The van der Waals surface area contributed by atoms with Gasteiger partial charge in [0, 0.05) is 12.0 Å². The molecule has 0 aliphatic heterocycles. The molecule has 5 heteroatoms. The van der Waals surface area contributed by atoms with Crippen molar-refractivity contribution in [1.29, 1.82) is 5.26 Å². The van der Waals surface area contributed by atoms with Crippen LogP contribution in [0.3, 0.4) is 0 Å². The number of para-hydroxylation sites is 1. The average Bonchev–Trinajstić information content (AvgIpc) is 2.90. The van der Waals surface area contributed by atoms with Crippen molar-refractivity contribution in [3.8, 4) is 11.8 Å². The van der Waals surface area contributed by atoms with Crippen LogP contribution in [0.15, 0.2) is 42.5 Å². The van der Waals surface area contributed by atoms with Crippen molar-refractivity contribution >= 4 is 5.65 Å². The number of fused-ring (bicyclic) bond motifs is 1. The molecule has 2 aromatic heterocycles. The van der Waals surface area contributed by atoms with Crippen molar-refractivity contribution in [2.75, 3.05) is 7.11 Å². The second-order valence-electron chi connectivity index (χ2n) is 4.31. The van der Waals surface area contributed by atoms with Gasteiger partial charge in [-0.25, -0.2) is 9.50 Å². The molecule has 3 aromatic rings. The molecule has 98 valence electrons. The second kappa shape index (κ2) is 5.02. The zero-order valence-electron chi connectivity index (χ0n) is 10.9. The molecule has 2 heterocycles. The molecule has 0 bridgehead atoms. The van der Waals surface area contributed by atoms with Gasteiger partial charge in [0.25, 0.3) is 0 Å². The first-order valence-corrected chi connectivity index (χ1v) is 6.18. The van der Waals surface area contributed by atoms with Gasteiger partial charge in [0.2, 0.25) is 0 Å². The Labute approximate surface area is 116 Å². The molecule has 0 spiro atoms. The van der Waals surface area contributed by atoms with Crippen LogP contribution < -0.4 is 4.74 Å². The highest BCUT2D eigenvalue weighted by molar-refractivity contribution is 5.43. The third kappa shape index (κ3) is 2.08. The van der Waals surface area contributed by atoms with E-state index in [4.69, 9.17) is 10.00 Å². The van der Waals surface area contributed by atoms with E-state index in [1.54, 1.807) is 23.8 Å². The Morgan fingerprint density at radius 1 is 1.20 bits per heavy atom. The molecule has 0 aliphatic rings. The predicted molar refractivity (Wildman–Crippen MR) is 73.5 cm³/mol. The third-order valence-corrected chi connectivity index (χ3v) is 3.06. The molecule has 0 amide bonds. The SMILES string of the molecule is COc1ccccc1Cc1nc2cccc(C#N)n2n1. The molecule has 0 aliphatic carbocycles. The van der Waals surface area contributed by atoms with Crippen molar-refractivity contribution in [2.24, 2.45) is 0 Å². The number of hydrogen-bond acceptors (Lipinski definition) is 4. The highest BCUT2D eigenvalue weighted by Crippen LogP contribution is 2.20. The Balaban J connectivity index is 2.02. The highest BCUT2D eigenvalue weighted by atomic mass is 16.5. The zero-order valence-corrected chi connectivity index (χ0v) is 10.9. The van der Waals surface area contributed by atoms with Crippen LogP contribution in [0, 0.1) is 11.3 Å². The first kappa shape index (κ1) is 12.2. The van der Waals surface area contributed by atoms with Crippen LogP contribution in [0.2, 0.25) is 0 Å². The summed E-state index contributed by atoms with van der Waals surface area (Å²) in [6.45, 7) is 0. The Bertz CT molecular complexity index is 801. The lowest BCUT2D eigenvalue weighted by atomic mass is 10.1. The van der Waals surface area contributed by atoms with Gasteiger partial charge in [-0.1, -0.05) is 24.3 Å². The van der Waals surface area contributed by atoms with Crippen LogP contribution in [0.25, 0.3) is 5.65 Å². The number of pyridine rings is 1. The van der Waals surface area contributed by atoms with Crippen LogP contribution >= 0.6 is 0 Å². The summed E-state index contributed by atoms with van der Waals surface area (Å²) in [5, 5.41) is 13.4. The fourth-order valence-electron chi connectivity index (χ4n) is 2.13. The van der Waals surface area contributed by atoms with E-state index < -0.39 is 0 Å². The number of methoxy groups -OCH3 is 1. The van der Waals surface area contributed by atoms with Crippen molar-refractivity contribution in [3.63, 3.8) is 0 Å². The maximum atomic E-state index is 9.06. The lowest BCUT2D eigenvalue weighted by Gasteiger charge is -2.05. The van der Waals surface area contributed by atoms with Gasteiger partial charge < -0.3 is 4.74 Å². The van der Waals surface area contributed by atoms with Crippen molar-refractivity contribution in [1.82, 2.24) is 14.6 Å². The minimum absolute atomic E-state index is 0.473. The van der Waals surface area contributed by atoms with Crippen LogP contribution in [0.4, 0.5) is 0 Å². The predicted octanol–water partition coefficient (Wildman–Crippen LogP) is 2.20. The average molecular weight is 264 g/mol. The number of benzene rings is 1. The van der Waals surface area contributed by atoms with Crippen LogP contribution in [-0.2, 0) is 6.42 Å². The van der Waals surface area contributed by atoms with E-state index in [1.807, 2.05) is 30.3 Å². The molecule has 1 aromatic carbocycles. The van der Waals surface area contributed by atoms with Gasteiger partial charge in [0.15, 0.2) is 11.5 Å². The smallest absolute Gasteiger partial charge is 0.157 e. The van der Waals surface area contributed by atoms with E-state index in [9.17, 15) is 0 Å². The lowest BCUT2D eigenvalue weighted by molar-refractivity contribution is 0.410. The van der Waals surface area contributed by atoms with Gasteiger partial charge in [-0.2, -0.15) is 5.26 Å². The Morgan fingerprint density at radius 3 is 2.85 bits per heavy atom. The topological polar surface area (TPSA) is 63.2 Å². The molecule has 0 fully saturated rings. The second-order valence-corrected chi connectivity index (χ2v) is 4.31. The van der Waals surface area contributed by atoms with E-state index in [-0.39, 0.29) is 0 Å². The minimum Gasteiger partial charge on any atom is -0.496 e. The van der Waals surface area contributed by atoms with Crippen LogP contribution in [0.5, 0.6) is 5.75 Å². The van der Waals surface area contributed by atoms with Crippen molar-refractivity contribution < 1.29 is 4.74 Å². The molecule has 0 atom stereocenters. The Hall–Kier alpha value is -2.87. The zero-order chi connectivity index (χ0) is 13.9. The van der Waals surface area contributed by atoms with Crippen LogP contribution in [-0.4, -0.2) is 21.7 Å². The maximum Gasteiger partial charge on any atom is 0.157 e. The summed E-state index contributed by atoms with van der Waals surface area (Å²) < 4.78 is 6.88. The van der Waals surface area contributed by atoms with Gasteiger partial charge in [-0.05, 0) is 18.2 Å². The number of ether oxygens (including phenoxy) is 1. The molecule has 20 heavy (non-hydrogen) atoms. The molecule has 0 radical (unpaired) electrons. The van der Waals surface area contributed by atoms with Gasteiger partial charge in [0.1, 0.15) is 17.5 Å². The number of hydrogen-bond donors (Lipinski definition) is 0. The van der Waals surface area contributed by atoms with Gasteiger partial charge >= 0.3 is 0 Å². The van der Waals surface area contributed by atoms with Crippen LogP contribution in [0.1, 0.15) is 17.1 Å². The normalized spacial score (nSPS) is 10.4. The Morgan fingerprint density at radius 2 is 2.05 bits per heavy atom. The fraction of sp³-hybridized carbons (Fsp3) is 0.133.